The van der Waals surface area contributed by atoms with E-state index in [4.69, 9.17) is 15.5 Å². The number of ether oxygens (including phenoxy) is 1. The van der Waals surface area contributed by atoms with Crippen LogP contribution >= 0.6 is 0 Å². The van der Waals surface area contributed by atoms with Crippen molar-refractivity contribution in [2.45, 2.75) is 52.4 Å². The van der Waals surface area contributed by atoms with Crippen molar-refractivity contribution in [3.63, 3.8) is 0 Å². The number of piperidine rings is 1. The van der Waals surface area contributed by atoms with E-state index in [0.717, 1.165) is 55.0 Å². The highest BCUT2D eigenvalue weighted by Gasteiger charge is 2.43. The van der Waals surface area contributed by atoms with E-state index in [9.17, 15) is 18.3 Å². The Bertz CT molecular complexity index is 1500. The van der Waals surface area contributed by atoms with Gasteiger partial charge in [0, 0.05) is 49.5 Å². The third kappa shape index (κ3) is 5.47. The summed E-state index contributed by atoms with van der Waals surface area (Å²) >= 11 is 0. The summed E-state index contributed by atoms with van der Waals surface area (Å²) in [6.45, 7) is 10.1. The van der Waals surface area contributed by atoms with Crippen LogP contribution in [0.2, 0.25) is 0 Å². The summed E-state index contributed by atoms with van der Waals surface area (Å²) in [6, 6.07) is 3.39. The largest absolute Gasteiger partial charge is 0.417 e. The molecule has 0 aromatic carbocycles. The number of anilines is 2. The monoisotopic (exact) mass is 585 g/mol. The van der Waals surface area contributed by atoms with Crippen molar-refractivity contribution in [1.82, 2.24) is 24.5 Å². The maximum atomic E-state index is 14.0. The number of likely N-dealkylation sites (tertiary alicyclic amines) is 1. The number of nitrogens with two attached hydrogens (primary N) is 1. The topological polar surface area (TPSA) is 105 Å². The van der Waals surface area contributed by atoms with Crippen LogP contribution in [0.15, 0.2) is 30.5 Å². The lowest BCUT2D eigenvalue weighted by molar-refractivity contribution is -0.137. The fourth-order valence-corrected chi connectivity index (χ4v) is 6.55. The standard InChI is InChI=1S/C30H38F3N7O2/c1-18-20(15-39-16-21-11-22(39)10-19(21)4-5-29(2,3)17-41)12-25-28(38-6-8-42-9-7-38)36-27(37-40(18)25)23-14-35-26(34)13-24(23)30(31,32)33/h4-5,12-14,19,21-22,41H,6-11,15-17H2,1-3H3,(H2,34,35)/b5-4+. The quantitative estimate of drug-likeness (QED) is 0.395. The number of aromatic nitrogens is 4. The number of rotatable bonds is 7. The van der Waals surface area contributed by atoms with Crippen LogP contribution in [0.1, 0.15) is 43.5 Å². The lowest BCUT2D eigenvalue weighted by Crippen LogP contribution is -2.37. The maximum absolute atomic E-state index is 14.0. The molecule has 3 aromatic rings. The minimum absolute atomic E-state index is 0.0465. The molecule has 5 heterocycles. The van der Waals surface area contributed by atoms with E-state index in [1.165, 1.54) is 0 Å². The van der Waals surface area contributed by atoms with Gasteiger partial charge in [-0.1, -0.05) is 26.0 Å². The van der Waals surface area contributed by atoms with Crippen LogP contribution in [-0.4, -0.2) is 75.1 Å². The van der Waals surface area contributed by atoms with Crippen molar-refractivity contribution in [1.29, 1.82) is 0 Å². The number of aliphatic hydroxyl groups is 1. The highest BCUT2D eigenvalue weighted by Crippen LogP contribution is 2.44. The van der Waals surface area contributed by atoms with Gasteiger partial charge in [0.15, 0.2) is 11.6 Å². The van der Waals surface area contributed by atoms with Gasteiger partial charge in [-0.25, -0.2) is 14.5 Å². The normalized spacial score (nSPS) is 23.6. The van der Waals surface area contributed by atoms with Gasteiger partial charge in [-0.3, -0.25) is 4.90 Å². The molecule has 3 atom stereocenters. The molecule has 2 bridgehead atoms. The Kier molecular flexibility index (Phi) is 7.43. The van der Waals surface area contributed by atoms with Gasteiger partial charge in [0.1, 0.15) is 11.3 Å². The van der Waals surface area contributed by atoms with Crippen molar-refractivity contribution in [2.24, 2.45) is 17.3 Å². The second-order valence-corrected chi connectivity index (χ2v) is 12.5. The Morgan fingerprint density at radius 3 is 2.60 bits per heavy atom. The summed E-state index contributed by atoms with van der Waals surface area (Å²) in [7, 11) is 0. The van der Waals surface area contributed by atoms with Gasteiger partial charge in [0.2, 0.25) is 0 Å². The van der Waals surface area contributed by atoms with Gasteiger partial charge in [0.25, 0.3) is 0 Å². The van der Waals surface area contributed by atoms with Crippen molar-refractivity contribution >= 4 is 17.2 Å². The fourth-order valence-electron chi connectivity index (χ4n) is 6.55. The zero-order chi connectivity index (χ0) is 29.8. The number of fused-ring (bicyclic) bond motifs is 3. The highest BCUT2D eigenvalue weighted by molar-refractivity contribution is 5.74. The minimum atomic E-state index is -4.64. The molecule has 3 unspecified atom stereocenters. The number of alkyl halides is 3. The van der Waals surface area contributed by atoms with Crippen LogP contribution < -0.4 is 10.6 Å². The van der Waals surface area contributed by atoms with E-state index in [2.05, 4.69) is 33.2 Å². The molecule has 3 N–H and O–H groups in total. The summed E-state index contributed by atoms with van der Waals surface area (Å²) in [4.78, 5) is 13.2. The zero-order valence-electron chi connectivity index (χ0n) is 24.2. The number of morpholine rings is 1. The minimum Gasteiger partial charge on any atom is -0.395 e. The number of aryl methyl sites for hydroxylation is 1. The van der Waals surface area contributed by atoms with Crippen LogP contribution in [0.3, 0.4) is 0 Å². The SMILES string of the molecule is Cc1c(CN2CC3CC2CC3/C=C/C(C)(C)CO)cc2c(N3CCOCC3)nc(-c3cnc(N)cc3C(F)(F)F)nn12. The van der Waals surface area contributed by atoms with Crippen molar-refractivity contribution in [3.8, 4) is 11.4 Å². The lowest BCUT2D eigenvalue weighted by atomic mass is 9.88. The molecule has 12 heteroatoms. The van der Waals surface area contributed by atoms with Crippen LogP contribution in [0.4, 0.5) is 24.8 Å². The number of hydrogen-bond acceptors (Lipinski definition) is 8. The van der Waals surface area contributed by atoms with Gasteiger partial charge in [-0.2, -0.15) is 13.2 Å². The van der Waals surface area contributed by atoms with Crippen LogP contribution in [0.5, 0.6) is 0 Å². The first-order chi connectivity index (χ1) is 19.9. The smallest absolute Gasteiger partial charge is 0.395 e. The first-order valence-corrected chi connectivity index (χ1v) is 14.5. The Hall–Kier alpha value is -3.22. The molecule has 42 heavy (non-hydrogen) atoms. The fraction of sp³-hybridized carbons (Fsp3) is 0.567. The van der Waals surface area contributed by atoms with Gasteiger partial charge in [0.05, 0.1) is 30.9 Å². The number of aliphatic hydroxyl groups excluding tert-OH is 1. The zero-order valence-corrected chi connectivity index (χ0v) is 24.2. The number of halogens is 3. The van der Waals surface area contributed by atoms with Crippen LogP contribution in [0.25, 0.3) is 16.9 Å². The number of allylic oxidation sites excluding steroid dienone is 1. The molecule has 6 rings (SSSR count). The Labute approximate surface area is 243 Å². The van der Waals surface area contributed by atoms with E-state index >= 15 is 0 Å². The van der Waals surface area contributed by atoms with Crippen LogP contribution in [0, 0.1) is 24.2 Å². The first kappa shape index (κ1) is 28.9. The molecule has 3 fully saturated rings. The maximum Gasteiger partial charge on any atom is 0.417 e. The molecule has 226 valence electrons. The van der Waals surface area contributed by atoms with Gasteiger partial charge in [-0.15, -0.1) is 5.10 Å². The molecule has 2 aliphatic heterocycles. The molecule has 0 amide bonds. The van der Waals surface area contributed by atoms with Crippen LogP contribution in [-0.2, 0) is 17.5 Å². The number of nitrogen functional groups attached to an aromatic ring is 1. The summed E-state index contributed by atoms with van der Waals surface area (Å²) in [5.74, 6) is 1.42. The average molecular weight is 586 g/mol. The number of pyridine rings is 1. The van der Waals surface area contributed by atoms with E-state index < -0.39 is 11.7 Å². The molecule has 9 nitrogen and oxygen atoms in total. The molecule has 1 aliphatic carbocycles. The third-order valence-electron chi connectivity index (χ3n) is 9.02. The van der Waals surface area contributed by atoms with Crippen molar-refractivity contribution < 1.29 is 23.0 Å². The molecule has 3 aromatic heterocycles. The lowest BCUT2D eigenvalue weighted by Gasteiger charge is -2.30. The van der Waals surface area contributed by atoms with E-state index in [-0.39, 0.29) is 29.2 Å². The second kappa shape index (κ2) is 10.8. The summed E-state index contributed by atoms with van der Waals surface area (Å²) in [6.07, 6.45) is 3.14. The number of nitrogens with zero attached hydrogens (tertiary/aromatic N) is 6. The summed E-state index contributed by atoms with van der Waals surface area (Å²) in [5, 5.41) is 14.2. The van der Waals surface area contributed by atoms with Crippen molar-refractivity contribution in [2.75, 3.05) is 50.1 Å². The first-order valence-electron chi connectivity index (χ1n) is 14.5. The second-order valence-electron chi connectivity index (χ2n) is 12.5. The summed E-state index contributed by atoms with van der Waals surface area (Å²) < 4.78 is 49.3. The number of hydrogen-bond donors (Lipinski definition) is 2. The predicted molar refractivity (Wildman–Crippen MR) is 154 cm³/mol. The Morgan fingerprint density at radius 2 is 1.93 bits per heavy atom. The van der Waals surface area contributed by atoms with Gasteiger partial charge < -0.3 is 20.5 Å². The van der Waals surface area contributed by atoms with Gasteiger partial charge in [-0.05, 0) is 49.3 Å². The molecule has 1 saturated carbocycles. The molecular formula is C30H38F3N7O2. The third-order valence-corrected chi connectivity index (χ3v) is 9.02. The molecule has 0 spiro atoms. The molecular weight excluding hydrogens is 547 g/mol. The van der Waals surface area contributed by atoms with E-state index in [1.807, 2.05) is 25.7 Å². The molecule has 0 radical (unpaired) electrons. The van der Waals surface area contributed by atoms with E-state index in [1.54, 1.807) is 4.52 Å². The molecule has 2 saturated heterocycles. The van der Waals surface area contributed by atoms with Gasteiger partial charge >= 0.3 is 6.18 Å². The Morgan fingerprint density at radius 1 is 1.17 bits per heavy atom. The predicted octanol–water partition coefficient (Wildman–Crippen LogP) is 4.32. The average Bonchev–Trinajstić information content (AvgIpc) is 3.64. The summed E-state index contributed by atoms with van der Waals surface area (Å²) in [5.41, 5.74) is 7.02. The molecule has 3 aliphatic rings. The van der Waals surface area contributed by atoms with Crippen molar-refractivity contribution in [3.05, 3.63) is 47.3 Å². The Balaban J connectivity index is 1.34. The van der Waals surface area contributed by atoms with E-state index in [0.29, 0.717) is 50.0 Å². The highest BCUT2D eigenvalue weighted by atomic mass is 19.4.